The van der Waals surface area contributed by atoms with Gasteiger partial charge in [0.25, 0.3) is 5.91 Å². The van der Waals surface area contributed by atoms with Gasteiger partial charge in [-0.25, -0.2) is 0 Å². The maximum Gasteiger partial charge on any atom is 0.250 e. The number of rotatable bonds is 5. The van der Waals surface area contributed by atoms with Crippen molar-refractivity contribution in [1.29, 1.82) is 0 Å². The van der Waals surface area contributed by atoms with Gasteiger partial charge >= 0.3 is 0 Å². The van der Waals surface area contributed by atoms with E-state index in [4.69, 9.17) is 0 Å². The van der Waals surface area contributed by atoms with Crippen LogP contribution in [0.4, 0.5) is 0 Å². The molecule has 1 N–H and O–H groups in total. The molecule has 0 aliphatic carbocycles. The maximum atomic E-state index is 13.4. The zero-order valence-corrected chi connectivity index (χ0v) is 17.2. The molecule has 152 valence electrons. The van der Waals surface area contributed by atoms with Gasteiger partial charge in [0.15, 0.2) is 0 Å². The van der Waals surface area contributed by atoms with Crippen molar-refractivity contribution in [2.75, 3.05) is 39.3 Å². The molecule has 0 saturated carbocycles. The molecule has 8 heteroatoms. The summed E-state index contributed by atoms with van der Waals surface area (Å²) < 4.78 is 1.85. The fraction of sp³-hybridized carbons (Fsp3) is 0.737. The average Bonchev–Trinajstić information content (AvgIpc) is 3.24. The van der Waals surface area contributed by atoms with E-state index in [9.17, 15) is 9.59 Å². The highest BCUT2D eigenvalue weighted by Crippen LogP contribution is 2.31. The first kappa shape index (κ1) is 21.7. The molecule has 0 radical (unpaired) electrons. The number of nitrogens with one attached hydrogen (secondary N) is 1. The second kappa shape index (κ2) is 9.55. The number of likely N-dealkylation sites (tertiary alicyclic amines) is 1. The molecule has 2 aliphatic heterocycles. The molecule has 7 nitrogen and oxygen atoms in total. The molecule has 3 heterocycles. The first-order valence-corrected chi connectivity index (χ1v) is 9.91. The second-order valence-electron chi connectivity index (χ2n) is 7.31. The van der Waals surface area contributed by atoms with Gasteiger partial charge in [-0.1, -0.05) is 0 Å². The second-order valence-corrected chi connectivity index (χ2v) is 7.31. The molecule has 0 bridgehead atoms. The highest BCUT2D eigenvalue weighted by Gasteiger charge is 2.45. The molecule has 1 aromatic rings. The van der Waals surface area contributed by atoms with E-state index in [0.717, 1.165) is 51.9 Å². The van der Waals surface area contributed by atoms with Crippen LogP contribution in [0.15, 0.2) is 18.5 Å². The summed E-state index contributed by atoms with van der Waals surface area (Å²) in [6.45, 7) is 8.51. The first-order valence-electron chi connectivity index (χ1n) is 9.91. The lowest BCUT2D eigenvalue weighted by molar-refractivity contribution is -0.147. The molecule has 2 amide bonds. The molecule has 2 aliphatic rings. The van der Waals surface area contributed by atoms with Crippen molar-refractivity contribution in [3.05, 3.63) is 18.5 Å². The van der Waals surface area contributed by atoms with Gasteiger partial charge in [0, 0.05) is 44.5 Å². The van der Waals surface area contributed by atoms with Crippen molar-refractivity contribution in [1.82, 2.24) is 24.9 Å². The predicted octanol–water partition coefficient (Wildman–Crippen LogP) is 1.49. The molecular formula is C19H32ClN5O2. The van der Waals surface area contributed by atoms with E-state index in [2.05, 4.69) is 10.4 Å². The normalized spacial score (nSPS) is 20.0. The molecule has 2 fully saturated rings. The van der Waals surface area contributed by atoms with Crippen LogP contribution in [0, 0.1) is 5.92 Å². The molecule has 0 unspecified atom stereocenters. The molecule has 1 aromatic heterocycles. The number of aromatic nitrogens is 2. The van der Waals surface area contributed by atoms with Gasteiger partial charge in [0.1, 0.15) is 5.54 Å². The molecular weight excluding hydrogens is 366 g/mol. The van der Waals surface area contributed by atoms with Crippen LogP contribution in [-0.4, -0.2) is 70.7 Å². The number of piperidine rings is 2. The van der Waals surface area contributed by atoms with Crippen molar-refractivity contribution < 1.29 is 9.59 Å². The van der Waals surface area contributed by atoms with Gasteiger partial charge < -0.3 is 15.1 Å². The number of carbonyl (C=O) groups is 2. The zero-order chi connectivity index (χ0) is 18.6. The molecule has 27 heavy (non-hydrogen) atoms. The summed E-state index contributed by atoms with van der Waals surface area (Å²) in [5, 5.41) is 7.74. The quantitative estimate of drug-likeness (QED) is 0.817. The van der Waals surface area contributed by atoms with Gasteiger partial charge in [-0.15, -0.1) is 12.4 Å². The zero-order valence-electron chi connectivity index (χ0n) is 16.4. The van der Waals surface area contributed by atoms with Gasteiger partial charge in [0.2, 0.25) is 5.91 Å². The van der Waals surface area contributed by atoms with Crippen LogP contribution < -0.4 is 5.32 Å². The summed E-state index contributed by atoms with van der Waals surface area (Å²) >= 11 is 0. The van der Waals surface area contributed by atoms with E-state index < -0.39 is 5.54 Å². The van der Waals surface area contributed by atoms with Crippen molar-refractivity contribution >= 4 is 24.2 Å². The van der Waals surface area contributed by atoms with E-state index in [0.29, 0.717) is 13.1 Å². The maximum absolute atomic E-state index is 13.4. The predicted molar refractivity (Wildman–Crippen MR) is 107 cm³/mol. The molecule has 0 aromatic carbocycles. The minimum Gasteiger partial charge on any atom is -0.343 e. The Morgan fingerprint density at radius 3 is 2.33 bits per heavy atom. The number of hydrogen-bond donors (Lipinski definition) is 1. The fourth-order valence-electron chi connectivity index (χ4n) is 4.32. The van der Waals surface area contributed by atoms with Crippen molar-refractivity contribution in [2.24, 2.45) is 5.92 Å². The monoisotopic (exact) mass is 397 g/mol. The fourth-order valence-corrected chi connectivity index (χ4v) is 4.32. The van der Waals surface area contributed by atoms with Crippen molar-refractivity contribution in [2.45, 2.75) is 45.1 Å². The Balaban J connectivity index is 0.00000261. The van der Waals surface area contributed by atoms with Crippen LogP contribution >= 0.6 is 12.4 Å². The smallest absolute Gasteiger partial charge is 0.250 e. The number of hydrogen-bond acceptors (Lipinski definition) is 4. The SMILES string of the molecule is CCN(CC)C(=O)C1CCN(C(=O)C2(n3cccn3)CCNCC2)CC1.Cl. The van der Waals surface area contributed by atoms with Crippen LogP contribution in [0.2, 0.25) is 0 Å². The van der Waals surface area contributed by atoms with Gasteiger partial charge in [-0.05, 0) is 58.7 Å². The highest BCUT2D eigenvalue weighted by molar-refractivity contribution is 5.86. The molecule has 2 saturated heterocycles. The standard InChI is InChI=1S/C19H31N5O2.ClH/c1-3-22(4-2)17(25)16-6-14-23(15-7-16)18(26)19(8-11-20-12-9-19)24-13-5-10-21-24;/h5,10,13,16,20H,3-4,6-9,11-12,14-15H2,1-2H3;1H. The lowest BCUT2D eigenvalue weighted by atomic mass is 9.85. The summed E-state index contributed by atoms with van der Waals surface area (Å²) in [5.41, 5.74) is -0.579. The van der Waals surface area contributed by atoms with Crippen LogP contribution in [0.3, 0.4) is 0 Å². The summed E-state index contributed by atoms with van der Waals surface area (Å²) in [6.07, 6.45) is 6.67. The Morgan fingerprint density at radius 2 is 1.81 bits per heavy atom. The van der Waals surface area contributed by atoms with E-state index in [1.54, 1.807) is 6.20 Å². The Morgan fingerprint density at radius 1 is 1.19 bits per heavy atom. The average molecular weight is 398 g/mol. The van der Waals surface area contributed by atoms with Crippen molar-refractivity contribution in [3.63, 3.8) is 0 Å². The highest BCUT2D eigenvalue weighted by atomic mass is 35.5. The van der Waals surface area contributed by atoms with Crippen LogP contribution in [0.5, 0.6) is 0 Å². The topological polar surface area (TPSA) is 70.5 Å². The Hall–Kier alpha value is -1.60. The van der Waals surface area contributed by atoms with Crippen molar-refractivity contribution in [3.8, 4) is 0 Å². The molecule has 3 rings (SSSR count). The van der Waals surface area contributed by atoms with Gasteiger partial charge in [-0.3, -0.25) is 14.3 Å². The van der Waals surface area contributed by atoms with E-state index in [-0.39, 0.29) is 30.1 Å². The van der Waals surface area contributed by atoms with E-state index >= 15 is 0 Å². The van der Waals surface area contributed by atoms with E-state index in [1.807, 2.05) is 40.6 Å². The van der Waals surface area contributed by atoms with Crippen LogP contribution in [0.1, 0.15) is 39.5 Å². The lowest BCUT2D eigenvalue weighted by Gasteiger charge is -2.42. The summed E-state index contributed by atoms with van der Waals surface area (Å²) in [7, 11) is 0. The summed E-state index contributed by atoms with van der Waals surface area (Å²) in [6, 6.07) is 1.88. The molecule has 0 spiro atoms. The minimum absolute atomic E-state index is 0. The third-order valence-electron chi connectivity index (χ3n) is 5.98. The third-order valence-corrected chi connectivity index (χ3v) is 5.98. The van der Waals surface area contributed by atoms with Gasteiger partial charge in [0.05, 0.1) is 0 Å². The lowest BCUT2D eigenvalue weighted by Crippen LogP contribution is -2.57. The van der Waals surface area contributed by atoms with Crippen LogP contribution in [-0.2, 0) is 15.1 Å². The Bertz CT molecular complexity index is 604. The van der Waals surface area contributed by atoms with Crippen LogP contribution in [0.25, 0.3) is 0 Å². The largest absolute Gasteiger partial charge is 0.343 e. The number of amides is 2. The Labute approximate surface area is 167 Å². The molecule has 0 atom stereocenters. The number of carbonyl (C=O) groups excluding carboxylic acids is 2. The minimum atomic E-state index is -0.579. The third kappa shape index (κ3) is 4.29. The Kier molecular flexibility index (Phi) is 7.68. The summed E-state index contributed by atoms with van der Waals surface area (Å²) in [4.78, 5) is 29.9. The van der Waals surface area contributed by atoms with E-state index in [1.165, 1.54) is 0 Å². The summed E-state index contributed by atoms with van der Waals surface area (Å²) in [5.74, 6) is 0.454. The number of halogens is 1. The first-order chi connectivity index (χ1) is 12.6. The van der Waals surface area contributed by atoms with Gasteiger partial charge in [-0.2, -0.15) is 5.10 Å². The number of nitrogens with zero attached hydrogens (tertiary/aromatic N) is 4.